The predicted molar refractivity (Wildman–Crippen MR) is 14.4 cm³/mol. The molecule has 0 rings (SSSR count). The molecule has 0 fully saturated rings. The van der Waals surface area contributed by atoms with Crippen LogP contribution in [0.5, 0.6) is 0 Å². The maximum absolute atomic E-state index is 9.62. The Bertz CT molecular complexity index is 34.5. The maximum atomic E-state index is 9.62. The Morgan fingerprint density at radius 3 is 1.83 bits per heavy atom. The molecule has 0 bridgehead atoms. The molecule has 6 heavy (non-hydrogen) atoms. The van der Waals surface area contributed by atoms with Crippen molar-refractivity contribution < 1.29 is 32.0 Å². The van der Waals surface area contributed by atoms with Crippen LogP contribution < -0.4 is 0 Å². The zero-order valence-electron chi connectivity index (χ0n) is 3.44. The van der Waals surface area contributed by atoms with E-state index in [1.54, 1.807) is 0 Å². The molecule has 0 radical (unpaired) electrons. The molecule has 0 heterocycles. The van der Waals surface area contributed by atoms with Crippen molar-refractivity contribution in [2.75, 3.05) is 0 Å². The number of hydrogen-bond donors (Lipinski definition) is 1. The van der Waals surface area contributed by atoms with E-state index in [1.165, 1.54) is 0 Å². The van der Waals surface area contributed by atoms with Crippen LogP contribution in [0.1, 0.15) is 6.92 Å². The first-order chi connectivity index (χ1) is 2.73. The van der Waals surface area contributed by atoms with Crippen LogP contribution in [0.3, 0.4) is 0 Å². The number of rotatable bonds is 0. The topological polar surface area (TPSA) is 37.3 Å². The molecule has 1 N–H and O–H groups in total. The molecule has 4 heteroatoms. The minimum absolute atomic E-state index is 0.125. The van der Waals surface area contributed by atoms with E-state index in [4.69, 9.17) is 9.90 Å². The van der Waals surface area contributed by atoms with Crippen LogP contribution in [0.25, 0.3) is 0 Å². The molecule has 0 unspecified atom stereocenters. The van der Waals surface area contributed by atoms with E-state index in [0.29, 0.717) is 0 Å². The van der Waals surface area contributed by atoms with Gasteiger partial charge in [0.15, 0.2) is 0 Å². The zero-order chi connectivity index (χ0) is 5.58. The van der Waals surface area contributed by atoms with E-state index >= 15 is 0 Å². The fourth-order valence-electron chi connectivity index (χ4n) is 0. The Kier molecular flexibility index (Phi) is 13.9. The van der Waals surface area contributed by atoms with Gasteiger partial charge in [-0.25, -0.2) is 0 Å². The van der Waals surface area contributed by atoms with Gasteiger partial charge in [0.1, 0.15) is 0 Å². The number of carboxylic acid groups (broad SMARTS) is 1. The fraction of sp³-hybridized carbons (Fsp3) is 0.500. The number of aliphatic carboxylic acids is 1. The normalized spacial score (nSPS) is 5.33. The van der Waals surface area contributed by atoms with Crippen molar-refractivity contribution in [3.05, 3.63) is 0 Å². The Morgan fingerprint density at radius 1 is 1.83 bits per heavy atom. The summed E-state index contributed by atoms with van der Waals surface area (Å²) < 4.78 is 9.62. The average Bonchev–Trinajstić information content (AvgIpc) is 1.41. The Balaban J connectivity index is 0. The van der Waals surface area contributed by atoms with Crippen molar-refractivity contribution in [3.8, 4) is 0 Å². The van der Waals surface area contributed by atoms with Crippen LogP contribution in [-0.2, 0) is 23.6 Å². The van der Waals surface area contributed by atoms with Crippen molar-refractivity contribution in [2.24, 2.45) is 0 Å². The summed E-state index contributed by atoms with van der Waals surface area (Å²) in [6, 6.07) is 0. The molecular weight excluding hydrogens is 140 g/mol. The second-order valence-corrected chi connectivity index (χ2v) is 0.519. The van der Waals surface area contributed by atoms with Gasteiger partial charge in [-0.15, -0.1) is 0 Å². The summed E-state index contributed by atoms with van der Waals surface area (Å²) in [5, 5.41) is 7.42. The summed E-state index contributed by atoms with van der Waals surface area (Å²) in [5.74, 6) is -0.833. The standard InChI is InChI=1S/C2H4O2.FH.Zn/c1-2(3)4;;/h1H3,(H,3,4);1H;/q;;+1/p-1. The van der Waals surface area contributed by atoms with Gasteiger partial charge in [0.2, 0.25) is 0 Å². The first-order valence-electron chi connectivity index (χ1n) is 1.19. The summed E-state index contributed by atoms with van der Waals surface area (Å²) in [5.41, 5.74) is 0. The van der Waals surface area contributed by atoms with Crippen LogP contribution in [0.2, 0.25) is 0 Å². The van der Waals surface area contributed by atoms with Crippen molar-refractivity contribution in [1.82, 2.24) is 0 Å². The number of carbonyl (C=O) groups is 1. The molecule has 0 aliphatic heterocycles. The third kappa shape index (κ3) is 67300. The monoisotopic (exact) mass is 143 g/mol. The van der Waals surface area contributed by atoms with Gasteiger partial charge in [0, 0.05) is 6.92 Å². The van der Waals surface area contributed by atoms with Gasteiger partial charge >= 0.3 is 22.1 Å². The molecule has 0 spiro atoms. The second kappa shape index (κ2) is 8.90. The van der Waals surface area contributed by atoms with Crippen molar-refractivity contribution >= 4 is 5.97 Å². The van der Waals surface area contributed by atoms with Crippen molar-refractivity contribution in [2.45, 2.75) is 6.92 Å². The molecule has 0 amide bonds. The van der Waals surface area contributed by atoms with Crippen molar-refractivity contribution in [1.29, 1.82) is 0 Å². The molecule has 0 aromatic rings. The molecule has 2 nitrogen and oxygen atoms in total. The van der Waals surface area contributed by atoms with Gasteiger partial charge in [-0.05, 0) is 0 Å². The zero-order valence-corrected chi connectivity index (χ0v) is 6.41. The number of hydrogen-bond acceptors (Lipinski definition) is 1. The van der Waals surface area contributed by atoms with Crippen LogP contribution in [0.15, 0.2) is 0 Å². The van der Waals surface area contributed by atoms with E-state index in [-0.39, 0.29) is 18.8 Å². The van der Waals surface area contributed by atoms with Gasteiger partial charge in [0.05, 0.1) is 0 Å². The van der Waals surface area contributed by atoms with E-state index in [9.17, 15) is 3.32 Å². The molecule has 0 aliphatic carbocycles. The molecule has 0 aromatic heterocycles. The van der Waals surface area contributed by atoms with Gasteiger partial charge in [-0.3, -0.25) is 4.79 Å². The number of carboxylic acids is 1. The molecule has 0 atom stereocenters. The Morgan fingerprint density at radius 2 is 1.83 bits per heavy atom. The summed E-state index contributed by atoms with van der Waals surface area (Å²) in [6.45, 7) is 1.08. The fourth-order valence-corrected chi connectivity index (χ4v) is 0. The van der Waals surface area contributed by atoms with Crippen LogP contribution in [0, 0.1) is 0 Å². The SMILES string of the molecule is CC(=O)O.[F][Zn]. The molecule has 0 aliphatic rings. The Hall–Kier alpha value is 0.0234. The molecule has 0 saturated carbocycles. The van der Waals surface area contributed by atoms with Crippen LogP contribution in [-0.4, -0.2) is 11.1 Å². The van der Waals surface area contributed by atoms with Gasteiger partial charge in [-0.2, -0.15) is 0 Å². The van der Waals surface area contributed by atoms with E-state index in [1.807, 2.05) is 0 Å². The quantitative estimate of drug-likeness (QED) is 0.503. The molecular formula is C2H4FO2Zn. The van der Waals surface area contributed by atoms with E-state index in [0.717, 1.165) is 6.92 Å². The first-order valence-corrected chi connectivity index (χ1v) is 2.32. The third-order valence-corrected chi connectivity index (χ3v) is 0. The van der Waals surface area contributed by atoms with Crippen LogP contribution in [0.4, 0.5) is 3.32 Å². The summed E-state index contributed by atoms with van der Waals surface area (Å²) in [7, 11) is 0. The summed E-state index contributed by atoms with van der Waals surface area (Å²) in [4.78, 5) is 9.00. The molecule has 0 aromatic carbocycles. The van der Waals surface area contributed by atoms with Gasteiger partial charge in [0.25, 0.3) is 5.97 Å². The molecule has 0 saturated heterocycles. The van der Waals surface area contributed by atoms with Crippen LogP contribution >= 0.6 is 0 Å². The van der Waals surface area contributed by atoms with Gasteiger partial charge < -0.3 is 5.11 Å². The third-order valence-electron chi connectivity index (χ3n) is 0. The summed E-state index contributed by atoms with van der Waals surface area (Å²) in [6.07, 6.45) is 0. The Labute approximate surface area is 45.6 Å². The summed E-state index contributed by atoms with van der Waals surface area (Å²) >= 11 is -0.125. The average molecular weight is 144 g/mol. The van der Waals surface area contributed by atoms with E-state index in [2.05, 4.69) is 0 Å². The second-order valence-electron chi connectivity index (χ2n) is 0.519. The van der Waals surface area contributed by atoms with E-state index < -0.39 is 5.97 Å². The first kappa shape index (κ1) is 9.39. The minimum atomic E-state index is -0.833. The predicted octanol–water partition coefficient (Wildman–Crippen LogP) is 0.509. The molecule has 33 valence electrons. The number of halogens is 1. The van der Waals surface area contributed by atoms with Gasteiger partial charge in [-0.1, -0.05) is 0 Å². The van der Waals surface area contributed by atoms with Crippen molar-refractivity contribution in [3.63, 3.8) is 0 Å².